The van der Waals surface area contributed by atoms with Gasteiger partial charge in [-0.3, -0.25) is 14.5 Å². The van der Waals surface area contributed by atoms with Crippen molar-refractivity contribution in [1.82, 2.24) is 4.90 Å². The third-order valence-corrected chi connectivity index (χ3v) is 5.56. The van der Waals surface area contributed by atoms with E-state index in [1.54, 1.807) is 24.3 Å². The summed E-state index contributed by atoms with van der Waals surface area (Å²) in [6, 6.07) is 11.4. The second-order valence-corrected chi connectivity index (χ2v) is 8.02. The topological polar surface area (TPSA) is 69.6 Å². The zero-order chi connectivity index (χ0) is 19.6. The summed E-state index contributed by atoms with van der Waals surface area (Å²) in [5.74, 6) is -1.02. The molecule has 2 N–H and O–H groups in total. The number of rotatable bonds is 4. The molecule has 0 saturated carbocycles. The van der Waals surface area contributed by atoms with Gasteiger partial charge < -0.3 is 10.4 Å². The number of aromatic hydroxyl groups is 1. The van der Waals surface area contributed by atoms with E-state index in [-0.39, 0.29) is 28.2 Å². The number of hydrogen-bond acceptors (Lipinski definition) is 5. The first-order chi connectivity index (χ1) is 12.8. The molecule has 2 amide bonds. The Labute approximate surface area is 174 Å². The molecule has 27 heavy (non-hydrogen) atoms. The number of thiocarbonyl (C=S) groups is 1. The highest BCUT2D eigenvalue weighted by Crippen LogP contribution is 2.34. The number of carbonyl (C=O) groups is 2. The average molecular weight is 439 g/mol. The van der Waals surface area contributed by atoms with Gasteiger partial charge in [-0.1, -0.05) is 65.4 Å². The van der Waals surface area contributed by atoms with Gasteiger partial charge in [-0.15, -0.1) is 0 Å². The van der Waals surface area contributed by atoms with Gasteiger partial charge in [0, 0.05) is 10.0 Å². The zero-order valence-electron chi connectivity index (χ0n) is 13.6. The van der Waals surface area contributed by atoms with Crippen LogP contribution in [0.1, 0.15) is 5.56 Å². The van der Waals surface area contributed by atoms with Crippen LogP contribution in [0.15, 0.2) is 47.4 Å². The minimum Gasteiger partial charge on any atom is -0.506 e. The monoisotopic (exact) mass is 438 g/mol. The number of amides is 2. The molecule has 0 spiro atoms. The van der Waals surface area contributed by atoms with Crippen molar-refractivity contribution >= 4 is 75.1 Å². The summed E-state index contributed by atoms with van der Waals surface area (Å²) in [6.07, 6.45) is 1.64. The maximum Gasteiger partial charge on any atom is 0.266 e. The largest absolute Gasteiger partial charge is 0.506 e. The van der Waals surface area contributed by atoms with Crippen molar-refractivity contribution in [2.45, 2.75) is 0 Å². The predicted molar refractivity (Wildman–Crippen MR) is 113 cm³/mol. The van der Waals surface area contributed by atoms with Crippen molar-refractivity contribution in [1.29, 1.82) is 0 Å². The van der Waals surface area contributed by atoms with Crippen LogP contribution in [0.5, 0.6) is 5.75 Å². The van der Waals surface area contributed by atoms with Crippen LogP contribution >= 0.6 is 47.2 Å². The van der Waals surface area contributed by atoms with E-state index in [0.717, 1.165) is 11.8 Å². The molecule has 1 heterocycles. The Bertz CT molecular complexity index is 979. The molecule has 2 aromatic carbocycles. The Morgan fingerprint density at radius 3 is 2.74 bits per heavy atom. The number of benzene rings is 2. The molecule has 3 rings (SSSR count). The van der Waals surface area contributed by atoms with Gasteiger partial charge in [0.2, 0.25) is 5.91 Å². The predicted octanol–water partition coefficient (Wildman–Crippen LogP) is 4.54. The molecule has 0 unspecified atom stereocenters. The quantitative estimate of drug-likeness (QED) is 0.416. The van der Waals surface area contributed by atoms with Gasteiger partial charge in [0.15, 0.2) is 0 Å². The summed E-state index contributed by atoms with van der Waals surface area (Å²) in [5, 5.41) is 13.2. The minimum atomic E-state index is -0.511. The smallest absolute Gasteiger partial charge is 0.266 e. The number of carbonyl (C=O) groups excluding carboxylic acids is 2. The van der Waals surface area contributed by atoms with Gasteiger partial charge in [0.05, 0.1) is 10.6 Å². The van der Waals surface area contributed by atoms with Gasteiger partial charge in [0.25, 0.3) is 5.91 Å². The molecule has 1 saturated heterocycles. The average Bonchev–Trinajstić information content (AvgIpc) is 2.87. The van der Waals surface area contributed by atoms with Crippen LogP contribution in [0.25, 0.3) is 6.08 Å². The van der Waals surface area contributed by atoms with Crippen molar-refractivity contribution in [3.63, 3.8) is 0 Å². The van der Waals surface area contributed by atoms with E-state index in [0.29, 0.717) is 20.5 Å². The lowest BCUT2D eigenvalue weighted by molar-refractivity contribution is -0.126. The standard InChI is InChI=1S/C18H12Cl2N2O3S2/c19-11-5-6-14(23)13(8-11)21-16(24)9-22-17(25)15(27-18(22)26)7-10-3-1-2-4-12(10)20/h1-8,23H,9H2,(H,21,24). The summed E-state index contributed by atoms with van der Waals surface area (Å²) >= 11 is 18.3. The first-order valence-corrected chi connectivity index (χ1v) is 9.61. The van der Waals surface area contributed by atoms with E-state index < -0.39 is 5.91 Å². The molecule has 9 heteroatoms. The van der Waals surface area contributed by atoms with Crippen LogP contribution in [-0.4, -0.2) is 32.7 Å². The maximum absolute atomic E-state index is 12.6. The second kappa shape index (κ2) is 8.31. The zero-order valence-corrected chi connectivity index (χ0v) is 16.8. The summed E-state index contributed by atoms with van der Waals surface area (Å²) in [7, 11) is 0. The number of thioether (sulfide) groups is 1. The minimum absolute atomic E-state index is 0.128. The molecule has 0 aliphatic carbocycles. The fraction of sp³-hybridized carbons (Fsp3) is 0.0556. The Kier molecular flexibility index (Phi) is 6.06. The van der Waals surface area contributed by atoms with E-state index in [9.17, 15) is 14.7 Å². The molecule has 0 aromatic heterocycles. The number of halogens is 2. The third-order valence-electron chi connectivity index (χ3n) is 3.60. The highest BCUT2D eigenvalue weighted by molar-refractivity contribution is 8.26. The summed E-state index contributed by atoms with van der Waals surface area (Å²) in [5.41, 5.74) is 0.845. The molecule has 1 aliphatic rings. The highest BCUT2D eigenvalue weighted by Gasteiger charge is 2.33. The van der Waals surface area contributed by atoms with Crippen LogP contribution in [0.2, 0.25) is 10.0 Å². The van der Waals surface area contributed by atoms with Gasteiger partial charge in [-0.25, -0.2) is 0 Å². The number of nitrogens with zero attached hydrogens (tertiary/aromatic N) is 1. The molecular weight excluding hydrogens is 427 g/mol. The van der Waals surface area contributed by atoms with Crippen molar-refractivity contribution < 1.29 is 14.7 Å². The van der Waals surface area contributed by atoms with Gasteiger partial charge >= 0.3 is 0 Å². The number of phenols is 1. The molecule has 0 atom stereocenters. The van der Waals surface area contributed by atoms with Crippen LogP contribution in [0, 0.1) is 0 Å². The van der Waals surface area contributed by atoms with Crippen LogP contribution < -0.4 is 5.32 Å². The van der Waals surface area contributed by atoms with Crippen molar-refractivity contribution in [3.05, 3.63) is 63.0 Å². The first kappa shape index (κ1) is 19.7. The SMILES string of the molecule is O=C(CN1C(=O)C(=Cc2ccccc2Cl)SC1=S)Nc1cc(Cl)ccc1O. The van der Waals surface area contributed by atoms with E-state index in [1.165, 1.54) is 23.1 Å². The van der Waals surface area contributed by atoms with Gasteiger partial charge in [0.1, 0.15) is 16.6 Å². The number of phenolic OH excluding ortho intramolecular Hbond substituents is 1. The number of hydrogen-bond donors (Lipinski definition) is 2. The van der Waals surface area contributed by atoms with Crippen LogP contribution in [0.4, 0.5) is 5.69 Å². The fourth-order valence-electron chi connectivity index (χ4n) is 2.31. The van der Waals surface area contributed by atoms with E-state index in [4.69, 9.17) is 35.4 Å². The Hall–Kier alpha value is -2.06. The van der Waals surface area contributed by atoms with E-state index >= 15 is 0 Å². The van der Waals surface area contributed by atoms with Gasteiger partial charge in [-0.2, -0.15) is 0 Å². The lowest BCUT2D eigenvalue weighted by Gasteiger charge is -2.14. The van der Waals surface area contributed by atoms with Crippen molar-refractivity contribution in [3.8, 4) is 5.75 Å². The summed E-state index contributed by atoms with van der Waals surface area (Å²) < 4.78 is 0.267. The molecule has 138 valence electrons. The fourth-order valence-corrected chi connectivity index (χ4v) is 3.92. The lowest BCUT2D eigenvalue weighted by Crippen LogP contribution is -2.36. The van der Waals surface area contributed by atoms with Crippen LogP contribution in [0.3, 0.4) is 0 Å². The summed E-state index contributed by atoms with van der Waals surface area (Å²) in [4.78, 5) is 26.4. The molecule has 1 fully saturated rings. The highest BCUT2D eigenvalue weighted by atomic mass is 35.5. The number of anilines is 1. The van der Waals surface area contributed by atoms with Gasteiger partial charge in [-0.05, 0) is 35.9 Å². The Balaban J connectivity index is 1.73. The lowest BCUT2D eigenvalue weighted by atomic mass is 10.2. The van der Waals surface area contributed by atoms with E-state index in [1.807, 2.05) is 6.07 Å². The summed E-state index contributed by atoms with van der Waals surface area (Å²) in [6.45, 7) is -0.281. The van der Waals surface area contributed by atoms with Crippen molar-refractivity contribution in [2.75, 3.05) is 11.9 Å². The Morgan fingerprint density at radius 2 is 2.00 bits per heavy atom. The normalized spacial score (nSPS) is 15.5. The van der Waals surface area contributed by atoms with Crippen LogP contribution in [-0.2, 0) is 9.59 Å². The molecule has 5 nitrogen and oxygen atoms in total. The second-order valence-electron chi connectivity index (χ2n) is 5.50. The molecule has 0 bridgehead atoms. The Morgan fingerprint density at radius 1 is 1.26 bits per heavy atom. The molecule has 0 radical (unpaired) electrons. The maximum atomic E-state index is 12.6. The van der Waals surface area contributed by atoms with E-state index in [2.05, 4.69) is 5.32 Å². The third kappa shape index (κ3) is 4.62. The molecule has 1 aliphatic heterocycles. The van der Waals surface area contributed by atoms with Crippen molar-refractivity contribution in [2.24, 2.45) is 0 Å². The first-order valence-electron chi connectivity index (χ1n) is 7.63. The molecule has 2 aromatic rings. The molecular formula is C18H12Cl2N2O3S2. The number of nitrogens with one attached hydrogen (secondary N) is 1.